The van der Waals surface area contributed by atoms with Crippen LogP contribution in [0.25, 0.3) is 0 Å². The van der Waals surface area contributed by atoms with Crippen LogP contribution in [0.2, 0.25) is 0 Å². The fourth-order valence-electron chi connectivity index (χ4n) is 3.93. The average molecular weight is 621 g/mol. The summed E-state index contributed by atoms with van der Waals surface area (Å²) in [5.74, 6) is -5.58. The lowest BCUT2D eigenvalue weighted by atomic mass is 9.97. The lowest BCUT2D eigenvalue weighted by molar-refractivity contribution is -0.135. The van der Waals surface area contributed by atoms with Crippen LogP contribution in [0.4, 0.5) is 0 Å². The maximum atomic E-state index is 13.4. The van der Waals surface area contributed by atoms with E-state index in [1.165, 1.54) is 0 Å². The number of nitrogens with two attached hydrogens (primary N) is 3. The molecule has 1 radical (unpaired) electrons. The number of nitrogens with one attached hydrogen (secondary N) is 4. The van der Waals surface area contributed by atoms with Gasteiger partial charge < -0.3 is 48.7 Å². The monoisotopic (exact) mass is 620 g/mol. The fourth-order valence-corrected chi connectivity index (χ4v) is 3.93. The molecule has 6 atom stereocenters. The zero-order chi connectivity index (χ0) is 33.4. The number of aliphatic hydroxyl groups excluding tert-OH is 2. The number of carbonyl (C=O) groups excluding carboxylic acids is 7. The molecule has 44 heavy (non-hydrogen) atoms. The number of rotatable bonds is 20. The van der Waals surface area contributed by atoms with Crippen LogP contribution in [0.3, 0.4) is 0 Å². The van der Waals surface area contributed by atoms with Crippen molar-refractivity contribution in [3.8, 4) is 0 Å². The molecule has 0 saturated heterocycles. The van der Waals surface area contributed by atoms with Gasteiger partial charge in [-0.2, -0.15) is 0 Å². The minimum Gasteiger partial charge on any atom is -0.394 e. The van der Waals surface area contributed by atoms with Gasteiger partial charge in [0.1, 0.15) is 18.1 Å². The Morgan fingerprint density at radius 3 is 1.95 bits per heavy atom. The Bertz CT molecular complexity index is 1150. The van der Waals surface area contributed by atoms with Crippen LogP contribution in [-0.2, 0) is 40.0 Å². The van der Waals surface area contributed by atoms with Crippen molar-refractivity contribution in [3.63, 3.8) is 0 Å². The van der Waals surface area contributed by atoms with E-state index < -0.39 is 91.2 Å². The molecule has 0 spiro atoms. The molecule has 243 valence electrons. The van der Waals surface area contributed by atoms with Crippen molar-refractivity contribution in [3.05, 3.63) is 35.9 Å². The third-order valence-electron chi connectivity index (χ3n) is 6.48. The van der Waals surface area contributed by atoms with Gasteiger partial charge in [0.05, 0.1) is 37.6 Å². The number of carbonyl (C=O) groups is 6. The number of hydrogen-bond acceptors (Lipinski definition) is 10. The second-order valence-electron chi connectivity index (χ2n) is 10.6. The van der Waals surface area contributed by atoms with E-state index in [4.69, 9.17) is 22.3 Å². The SMILES string of the molecule is CC(C)C([C]=O)NC(=O)C[C@@H](O)C(Cc1ccccc1)NC(=O)[C@H](CC(N)=O)NC(=O)[C@H](CCC(N)=O)NC(=O)[C@@H](N)CO. The van der Waals surface area contributed by atoms with Crippen LogP contribution in [0.1, 0.15) is 45.1 Å². The smallest absolute Gasteiger partial charge is 0.243 e. The molecule has 0 aliphatic heterocycles. The molecule has 1 aromatic carbocycles. The largest absolute Gasteiger partial charge is 0.394 e. The molecule has 0 aromatic heterocycles. The van der Waals surface area contributed by atoms with Gasteiger partial charge in [-0.15, -0.1) is 0 Å². The van der Waals surface area contributed by atoms with Gasteiger partial charge >= 0.3 is 0 Å². The number of aliphatic hydroxyl groups is 2. The van der Waals surface area contributed by atoms with Crippen molar-refractivity contribution >= 4 is 41.7 Å². The van der Waals surface area contributed by atoms with E-state index in [1.54, 1.807) is 50.5 Å². The summed E-state index contributed by atoms with van der Waals surface area (Å²) in [6, 6.07) is 2.17. The van der Waals surface area contributed by atoms with E-state index >= 15 is 0 Å². The number of hydrogen-bond donors (Lipinski definition) is 9. The predicted molar refractivity (Wildman–Crippen MR) is 156 cm³/mol. The lowest BCUT2D eigenvalue weighted by Crippen LogP contribution is -2.58. The summed E-state index contributed by atoms with van der Waals surface area (Å²) in [5.41, 5.74) is 16.6. The quantitative estimate of drug-likeness (QED) is 0.0684. The van der Waals surface area contributed by atoms with Crippen LogP contribution in [0.15, 0.2) is 30.3 Å². The zero-order valence-electron chi connectivity index (χ0n) is 24.7. The van der Waals surface area contributed by atoms with Crippen molar-refractivity contribution in [2.45, 2.75) is 82.3 Å². The van der Waals surface area contributed by atoms with Crippen molar-refractivity contribution in [1.82, 2.24) is 21.3 Å². The summed E-state index contributed by atoms with van der Waals surface area (Å²) in [7, 11) is 0. The van der Waals surface area contributed by atoms with E-state index in [1.807, 2.05) is 0 Å². The molecular weight excluding hydrogens is 578 g/mol. The van der Waals surface area contributed by atoms with E-state index in [-0.39, 0.29) is 25.2 Å². The Morgan fingerprint density at radius 1 is 0.841 bits per heavy atom. The van der Waals surface area contributed by atoms with Crippen molar-refractivity contribution in [2.75, 3.05) is 6.61 Å². The summed E-state index contributed by atoms with van der Waals surface area (Å²) < 4.78 is 0. The summed E-state index contributed by atoms with van der Waals surface area (Å²) in [6.45, 7) is 2.66. The Labute approximate surface area is 254 Å². The summed E-state index contributed by atoms with van der Waals surface area (Å²) in [5, 5.41) is 29.7. The van der Waals surface area contributed by atoms with E-state index in [0.717, 1.165) is 0 Å². The molecule has 16 heteroatoms. The summed E-state index contributed by atoms with van der Waals surface area (Å²) in [6.07, 6.45) is -1.57. The standard InChI is InChI=1S/C28H42N7O9/c1-15(2)21(14-37)32-25(41)12-22(38)19(10-16-6-4-3-5-7-16)34-28(44)20(11-24(31)40)35-27(43)18(8-9-23(30)39)33-26(42)17(29)13-36/h3-7,15,17-22,36,38H,8-13,29H2,1-2H3,(H2,30,39)(H2,31,40)(H,32,41)(H,33,42)(H,34,44)(H,35,43)/t17-,18-,19?,20-,21?,22+/m0/s1. The molecule has 1 rings (SSSR count). The predicted octanol–water partition coefficient (Wildman–Crippen LogP) is -3.85. The minimum absolute atomic E-state index is 0.0298. The highest BCUT2D eigenvalue weighted by atomic mass is 16.3. The van der Waals surface area contributed by atoms with Crippen LogP contribution in [0.5, 0.6) is 0 Å². The van der Waals surface area contributed by atoms with Gasteiger partial charge in [-0.1, -0.05) is 44.2 Å². The highest BCUT2D eigenvalue weighted by Crippen LogP contribution is 2.11. The highest BCUT2D eigenvalue weighted by Gasteiger charge is 2.32. The van der Waals surface area contributed by atoms with Gasteiger partial charge in [0, 0.05) is 6.42 Å². The number of benzene rings is 1. The molecule has 2 unspecified atom stereocenters. The third kappa shape index (κ3) is 13.7. The zero-order valence-corrected chi connectivity index (χ0v) is 24.7. The second-order valence-corrected chi connectivity index (χ2v) is 10.6. The average Bonchev–Trinajstić information content (AvgIpc) is 2.96. The van der Waals surface area contributed by atoms with E-state index in [9.17, 15) is 38.7 Å². The highest BCUT2D eigenvalue weighted by molar-refractivity contribution is 5.95. The third-order valence-corrected chi connectivity index (χ3v) is 6.48. The molecule has 16 nitrogen and oxygen atoms in total. The van der Waals surface area contributed by atoms with Gasteiger partial charge in [0.15, 0.2) is 0 Å². The molecule has 0 fully saturated rings. The first-order valence-corrected chi connectivity index (χ1v) is 13.9. The Kier molecular flexibility index (Phi) is 16.2. The van der Waals surface area contributed by atoms with Gasteiger partial charge in [-0.25, -0.2) is 0 Å². The van der Waals surface area contributed by atoms with Crippen LogP contribution >= 0.6 is 0 Å². The van der Waals surface area contributed by atoms with Crippen molar-refractivity contribution in [2.24, 2.45) is 23.1 Å². The lowest BCUT2D eigenvalue weighted by Gasteiger charge is -2.28. The maximum absolute atomic E-state index is 13.4. The van der Waals surface area contributed by atoms with Crippen molar-refractivity contribution in [1.29, 1.82) is 0 Å². The molecule has 0 heterocycles. The topological polar surface area (TPSA) is 286 Å². The van der Waals surface area contributed by atoms with E-state index in [2.05, 4.69) is 21.3 Å². The summed E-state index contributed by atoms with van der Waals surface area (Å²) >= 11 is 0. The molecule has 0 saturated carbocycles. The first-order chi connectivity index (χ1) is 20.7. The molecule has 0 aliphatic rings. The normalized spacial score (nSPS) is 15.0. The van der Waals surface area contributed by atoms with Gasteiger partial charge in [-0.05, 0) is 24.3 Å². The second kappa shape index (κ2) is 19.0. The van der Waals surface area contributed by atoms with Crippen LogP contribution in [0, 0.1) is 5.92 Å². The molecule has 0 bridgehead atoms. The maximum Gasteiger partial charge on any atom is 0.243 e. The molecule has 0 aliphatic carbocycles. The van der Waals surface area contributed by atoms with Gasteiger partial charge in [-0.3, -0.25) is 33.6 Å². The van der Waals surface area contributed by atoms with Gasteiger partial charge in [0.2, 0.25) is 41.7 Å². The molecular formula is C28H42N7O9. The Balaban J connectivity index is 3.20. The van der Waals surface area contributed by atoms with Crippen LogP contribution in [-0.4, -0.2) is 94.9 Å². The Hall–Kier alpha value is -4.41. The molecule has 1 aromatic rings. The molecule has 6 amide bonds. The number of primary amides is 2. The summed E-state index contributed by atoms with van der Waals surface area (Å²) in [4.78, 5) is 85.5. The van der Waals surface area contributed by atoms with Crippen molar-refractivity contribution < 1.29 is 43.8 Å². The minimum atomic E-state index is -1.60. The van der Waals surface area contributed by atoms with Crippen LogP contribution < -0.4 is 38.5 Å². The Morgan fingerprint density at radius 2 is 1.43 bits per heavy atom. The molecule has 12 N–H and O–H groups in total. The first-order valence-electron chi connectivity index (χ1n) is 13.9. The van der Waals surface area contributed by atoms with E-state index in [0.29, 0.717) is 5.56 Å². The first kappa shape index (κ1) is 37.6. The van der Waals surface area contributed by atoms with Gasteiger partial charge in [0.25, 0.3) is 0 Å². The fraction of sp³-hybridized carbons (Fsp3) is 0.536. The number of amides is 6.